The number of likely N-dealkylation sites (N-methyl/N-ethyl adjacent to an activating group) is 1. The second kappa shape index (κ2) is 24.4. The Kier molecular flexibility index (Phi) is 21.5. The molecule has 0 fully saturated rings. The summed E-state index contributed by atoms with van der Waals surface area (Å²) in [6.45, 7) is 20.0. The summed E-state index contributed by atoms with van der Waals surface area (Å²) in [5.74, 6) is 0.488. The third-order valence-electron chi connectivity index (χ3n) is 9.55. The van der Waals surface area contributed by atoms with E-state index in [0.29, 0.717) is 42.6 Å². The third-order valence-corrected chi connectivity index (χ3v) is 10.7. The fourth-order valence-electron chi connectivity index (χ4n) is 5.62. The largest absolute Gasteiger partial charge is 0.573 e. The first-order valence-electron chi connectivity index (χ1n) is 20.0. The molecule has 4 aromatic rings. The van der Waals surface area contributed by atoms with Crippen LogP contribution in [0.4, 0.5) is 32.6 Å². The number of carbonyl (C=O) groups is 2. The van der Waals surface area contributed by atoms with E-state index in [0.717, 1.165) is 41.8 Å². The van der Waals surface area contributed by atoms with E-state index in [9.17, 15) is 42.2 Å². The average molecular weight is 913 g/mol. The van der Waals surface area contributed by atoms with E-state index in [1.54, 1.807) is 26.1 Å². The molecule has 4 rings (SSSR count). The van der Waals surface area contributed by atoms with E-state index in [-0.39, 0.29) is 23.6 Å². The van der Waals surface area contributed by atoms with Crippen molar-refractivity contribution in [1.29, 1.82) is 0 Å². The van der Waals surface area contributed by atoms with Crippen LogP contribution in [0.1, 0.15) is 91.8 Å². The third kappa shape index (κ3) is 21.0. The summed E-state index contributed by atoms with van der Waals surface area (Å²) in [5, 5.41) is 8.89. The van der Waals surface area contributed by atoms with Gasteiger partial charge in [0, 0.05) is 25.2 Å². The highest BCUT2D eigenvalue weighted by Gasteiger charge is 2.65. The van der Waals surface area contributed by atoms with Crippen molar-refractivity contribution in [1.82, 2.24) is 16.0 Å². The van der Waals surface area contributed by atoms with Gasteiger partial charge in [-0.2, -0.15) is 0 Å². The van der Waals surface area contributed by atoms with Crippen molar-refractivity contribution in [2.75, 3.05) is 27.2 Å². The standard InChI is InChI=1S/C16H24N2O.C16H22N2O.C8H7F3O.C7H7F5S/c2*1-5-12(3)13-9-7-8-10-14(13)15(17-4)11-18-16(19)6-2;1-6-2-4-7(5-3-6)12-8(9,10)11;1-6-2-4-7(5-3-6)13(8,9,10,11)12/h6-10,12,15,17H,2,5,11H2,1,3-4H3,(H,18,19);6-10,12H,2,5,11H2,1,3-4H3,(H,18,19);2-5H,1H3;2-5H,1H3. The van der Waals surface area contributed by atoms with Crippen molar-refractivity contribution >= 4 is 27.8 Å². The second-order valence-corrected chi connectivity index (χ2v) is 16.8. The summed E-state index contributed by atoms with van der Waals surface area (Å²) in [4.78, 5) is 25.0. The maximum atomic E-state index is 12.1. The van der Waals surface area contributed by atoms with Crippen molar-refractivity contribution in [3.63, 3.8) is 0 Å². The van der Waals surface area contributed by atoms with Crippen LogP contribution in [-0.2, 0) is 9.59 Å². The van der Waals surface area contributed by atoms with Gasteiger partial charge in [0.2, 0.25) is 11.8 Å². The number of rotatable bonds is 15. The predicted molar refractivity (Wildman–Crippen MR) is 241 cm³/mol. The molecule has 0 aliphatic heterocycles. The molecule has 2 amide bonds. The number of benzene rings is 4. The molecule has 0 heterocycles. The Morgan fingerprint density at radius 1 is 0.714 bits per heavy atom. The first-order chi connectivity index (χ1) is 29.2. The van der Waals surface area contributed by atoms with Crippen LogP contribution in [0.5, 0.6) is 5.75 Å². The molecule has 0 saturated carbocycles. The molecule has 3 N–H and O–H groups in total. The van der Waals surface area contributed by atoms with Gasteiger partial charge in [0.15, 0.2) is 0 Å². The first kappa shape index (κ1) is 55.5. The van der Waals surface area contributed by atoms with Gasteiger partial charge < -0.3 is 20.7 Å². The summed E-state index contributed by atoms with van der Waals surface area (Å²) >= 11 is 0. The van der Waals surface area contributed by atoms with E-state index in [2.05, 4.69) is 96.9 Å². The van der Waals surface area contributed by atoms with Gasteiger partial charge in [0.25, 0.3) is 0 Å². The molecule has 3 atom stereocenters. The number of ether oxygens (including phenoxy) is 1. The molecular weight excluding hydrogens is 853 g/mol. The monoisotopic (exact) mass is 912 g/mol. The minimum Gasteiger partial charge on any atom is -0.406 e. The molecule has 0 radical (unpaired) electrons. The van der Waals surface area contributed by atoms with Crippen molar-refractivity contribution < 1.29 is 46.9 Å². The number of aryl methyl sites for hydroxylation is 2. The lowest BCUT2D eigenvalue weighted by Gasteiger charge is -2.40. The van der Waals surface area contributed by atoms with Gasteiger partial charge >= 0.3 is 16.6 Å². The molecule has 16 heteroatoms. The maximum absolute atomic E-state index is 12.1. The number of hydrogen-bond donors (Lipinski definition) is 3. The van der Waals surface area contributed by atoms with Crippen LogP contribution in [-0.4, -0.2) is 51.1 Å². The molecule has 0 aliphatic rings. The molecule has 3 unspecified atom stereocenters. The Hall–Kier alpha value is -5.48. The highest BCUT2D eigenvalue weighted by molar-refractivity contribution is 8.45. The van der Waals surface area contributed by atoms with Crippen LogP contribution in [0.2, 0.25) is 0 Å². The van der Waals surface area contributed by atoms with Crippen molar-refractivity contribution in [3.8, 4) is 5.75 Å². The van der Waals surface area contributed by atoms with E-state index in [4.69, 9.17) is 0 Å². The number of hydrogen-bond acceptors (Lipinski definition) is 5. The summed E-state index contributed by atoms with van der Waals surface area (Å²) in [6.07, 6.45) is 0.149. The Labute approximate surface area is 366 Å². The number of nitrogens with one attached hydrogen (secondary N) is 3. The van der Waals surface area contributed by atoms with Gasteiger partial charge in [-0.1, -0.05) is 144 Å². The lowest BCUT2D eigenvalue weighted by Crippen LogP contribution is -2.33. The molecule has 0 aliphatic carbocycles. The zero-order valence-electron chi connectivity index (χ0n) is 37.0. The van der Waals surface area contributed by atoms with Crippen molar-refractivity contribution in [2.45, 2.75) is 83.5 Å². The van der Waals surface area contributed by atoms with Gasteiger partial charge in [-0.15, -0.1) is 13.2 Å². The number of halogens is 8. The topological polar surface area (TPSA) is 91.8 Å². The van der Waals surface area contributed by atoms with Gasteiger partial charge in [-0.25, -0.2) is 0 Å². The lowest BCUT2D eigenvalue weighted by molar-refractivity contribution is -0.274. The van der Waals surface area contributed by atoms with E-state index in [1.165, 1.54) is 47.9 Å². The highest BCUT2D eigenvalue weighted by atomic mass is 32.5. The molecule has 4 aromatic carbocycles. The van der Waals surface area contributed by atoms with E-state index >= 15 is 0 Å². The Morgan fingerprint density at radius 3 is 1.60 bits per heavy atom. The first-order valence-corrected chi connectivity index (χ1v) is 21.9. The van der Waals surface area contributed by atoms with Gasteiger partial charge in [-0.05, 0) is 98.7 Å². The van der Waals surface area contributed by atoms with Gasteiger partial charge in [0.1, 0.15) is 10.6 Å². The number of nitrogens with zero attached hydrogens (tertiary/aromatic N) is 1. The molecule has 0 aromatic heterocycles. The highest BCUT2D eigenvalue weighted by Crippen LogP contribution is 3.02. The predicted octanol–water partition coefficient (Wildman–Crippen LogP) is 13.2. The van der Waals surface area contributed by atoms with Crippen LogP contribution < -0.4 is 20.7 Å². The van der Waals surface area contributed by atoms with Gasteiger partial charge in [-0.3, -0.25) is 14.6 Å². The molecular formula is C47H60F8N4O3S. The molecule has 0 spiro atoms. The minimum absolute atomic E-state index is 0.120. The van der Waals surface area contributed by atoms with Crippen LogP contribution in [0.3, 0.4) is 0 Å². The zero-order chi connectivity index (χ0) is 48.1. The average Bonchev–Trinajstić information content (AvgIpc) is 3.24. The van der Waals surface area contributed by atoms with Crippen molar-refractivity contribution in [3.05, 3.63) is 156 Å². The lowest BCUT2D eigenvalue weighted by atomic mass is 9.90. The quantitative estimate of drug-likeness (QED) is 0.0629. The molecule has 63 heavy (non-hydrogen) atoms. The number of amides is 2. The summed E-state index contributed by atoms with van der Waals surface area (Å²) in [5.41, 5.74) is 7.28. The number of aliphatic imine (C=N–C) groups is 1. The van der Waals surface area contributed by atoms with Crippen molar-refractivity contribution in [2.24, 2.45) is 4.99 Å². The molecule has 348 valence electrons. The van der Waals surface area contributed by atoms with Gasteiger partial charge in [0.05, 0.1) is 12.3 Å². The van der Waals surface area contributed by atoms with Crippen LogP contribution in [0.25, 0.3) is 0 Å². The Balaban J connectivity index is 0.000000428. The summed E-state index contributed by atoms with van der Waals surface area (Å²) < 4.78 is 98.9. The smallest absolute Gasteiger partial charge is 0.406 e. The number of carbonyl (C=O) groups excluding carboxylic acids is 2. The second-order valence-electron chi connectivity index (χ2n) is 14.4. The van der Waals surface area contributed by atoms with Crippen LogP contribution in [0, 0.1) is 13.8 Å². The molecule has 0 saturated heterocycles. The fourth-order valence-corrected chi connectivity index (χ4v) is 6.27. The van der Waals surface area contributed by atoms with E-state index < -0.39 is 21.5 Å². The van der Waals surface area contributed by atoms with Crippen LogP contribution in [0.15, 0.2) is 132 Å². The Morgan fingerprint density at radius 2 is 1.16 bits per heavy atom. The summed E-state index contributed by atoms with van der Waals surface area (Å²) in [7, 11) is -5.78. The summed E-state index contributed by atoms with van der Waals surface area (Å²) in [6, 6.07) is 25.2. The number of alkyl halides is 3. The zero-order valence-corrected chi connectivity index (χ0v) is 37.8. The van der Waals surface area contributed by atoms with Crippen LogP contribution >= 0.6 is 10.2 Å². The van der Waals surface area contributed by atoms with E-state index in [1.807, 2.05) is 25.2 Å². The minimum atomic E-state index is -9.45. The molecule has 0 bridgehead atoms. The maximum Gasteiger partial charge on any atom is 0.573 e. The molecule has 7 nitrogen and oxygen atoms in total. The fraction of sp³-hybridized carbons (Fsp3) is 0.340. The Bertz CT molecular complexity index is 2090. The SMILES string of the molecule is C=CC(=O)NCC(=NC)c1ccccc1C(C)CC.C=CC(=O)NCC(NC)c1ccccc1C(C)CC.Cc1ccc(OC(F)(F)F)cc1.Cc1ccc(S(F)(F)(F)(F)F)cc1. The normalized spacial score (nSPS) is 13.8.